The summed E-state index contributed by atoms with van der Waals surface area (Å²) >= 11 is 0. The van der Waals surface area contributed by atoms with E-state index in [1.54, 1.807) is 49.8 Å². The van der Waals surface area contributed by atoms with Crippen LogP contribution in [0.5, 0.6) is 0 Å². The minimum Gasteiger partial charge on any atom is -0.424 e. The monoisotopic (exact) mass is 611 g/mol. The molecule has 2 aromatic carbocycles. The van der Waals surface area contributed by atoms with E-state index >= 15 is 0 Å². The number of hydrogen-bond donors (Lipinski definition) is 1. The Balaban J connectivity index is 1.63. The number of aromatic nitrogens is 2. The van der Waals surface area contributed by atoms with Gasteiger partial charge in [0.05, 0.1) is 12.6 Å². The summed E-state index contributed by atoms with van der Waals surface area (Å²) in [5.74, 6) is 0.538. The molecule has 236 valence electrons. The fraction of sp³-hybridized carbons (Fsp3) is 0.471. The van der Waals surface area contributed by atoms with Gasteiger partial charge in [-0.3, -0.25) is 14.4 Å². The molecule has 1 aliphatic carbocycles. The van der Waals surface area contributed by atoms with Gasteiger partial charge in [0.2, 0.25) is 17.7 Å². The van der Waals surface area contributed by atoms with Crippen LogP contribution in [0.25, 0.3) is 0 Å². The highest BCUT2D eigenvalue weighted by Gasteiger charge is 2.47. The van der Waals surface area contributed by atoms with E-state index in [2.05, 4.69) is 21.6 Å². The van der Waals surface area contributed by atoms with Crippen LogP contribution in [-0.4, -0.2) is 96.0 Å². The first-order valence-electron chi connectivity index (χ1n) is 15.4. The zero-order chi connectivity index (χ0) is 32.5. The summed E-state index contributed by atoms with van der Waals surface area (Å²) in [7, 11) is 6.92. The van der Waals surface area contributed by atoms with Crippen molar-refractivity contribution in [3.05, 3.63) is 81.6 Å². The van der Waals surface area contributed by atoms with Crippen molar-refractivity contribution in [2.45, 2.75) is 63.5 Å². The van der Waals surface area contributed by atoms with Crippen molar-refractivity contribution < 1.29 is 18.8 Å². The highest BCUT2D eigenvalue weighted by Crippen LogP contribution is 2.48. The molecule has 11 heteroatoms. The lowest BCUT2D eigenvalue weighted by atomic mass is 9.68. The lowest BCUT2D eigenvalue weighted by Gasteiger charge is -2.36. The Morgan fingerprint density at radius 1 is 1.02 bits per heavy atom. The Kier molecular flexibility index (Phi) is 9.07. The first-order chi connectivity index (χ1) is 21.5. The number of rotatable bonds is 8. The van der Waals surface area contributed by atoms with E-state index in [4.69, 9.17) is 4.42 Å². The highest BCUT2D eigenvalue weighted by atomic mass is 16.4. The molecule has 0 radical (unpaired) electrons. The van der Waals surface area contributed by atoms with E-state index in [-0.39, 0.29) is 36.3 Å². The number of nitrogens with zero attached hydrogens (tertiary/aromatic N) is 6. The molecule has 3 amide bonds. The smallest absolute Gasteiger partial charge is 0.253 e. The molecular weight excluding hydrogens is 570 g/mol. The quantitative estimate of drug-likeness (QED) is 0.411. The maximum absolute atomic E-state index is 13.1. The molecule has 1 saturated heterocycles. The van der Waals surface area contributed by atoms with Crippen LogP contribution in [0.1, 0.15) is 80.9 Å². The maximum Gasteiger partial charge on any atom is 0.253 e. The summed E-state index contributed by atoms with van der Waals surface area (Å²) in [6.45, 7) is 4.44. The van der Waals surface area contributed by atoms with Gasteiger partial charge in [0.15, 0.2) is 0 Å². The zero-order valence-corrected chi connectivity index (χ0v) is 26.9. The number of hydrogen-bond acceptors (Lipinski definition) is 8. The third-order valence-electron chi connectivity index (χ3n) is 8.93. The first kappa shape index (κ1) is 31.9. The molecule has 11 nitrogen and oxygen atoms in total. The van der Waals surface area contributed by atoms with Gasteiger partial charge in [-0.2, -0.15) is 5.26 Å². The molecule has 1 aromatic heterocycles. The van der Waals surface area contributed by atoms with E-state index in [9.17, 15) is 19.6 Å². The number of fused-ring (bicyclic) bond motifs is 2. The predicted octanol–water partition coefficient (Wildman–Crippen LogP) is 3.10. The molecule has 0 bridgehead atoms. The number of benzene rings is 2. The number of nitrogens with one attached hydrogen (secondary N) is 1. The van der Waals surface area contributed by atoms with Gasteiger partial charge in [-0.25, -0.2) is 0 Å². The average Bonchev–Trinajstić information content (AvgIpc) is 3.67. The van der Waals surface area contributed by atoms with Gasteiger partial charge in [0.1, 0.15) is 11.5 Å². The lowest BCUT2D eigenvalue weighted by molar-refractivity contribution is -0.130. The standard InChI is InChI=1S/C34H41N7O4/c1-21(36-20-30(42)41-15-7-8-27(41)19-35)18-34(33-38-37-22(2)45-33)28-13-11-25(31(43)39(3)4)16-23(28)9-10-24-17-26(12-14-29(24)34)32(44)40(5)6/h11-14,16-17,21,27,36H,7-10,15,18,20H2,1-6H3/t21-,27?/m0/s1. The second-order valence-corrected chi connectivity index (χ2v) is 12.5. The summed E-state index contributed by atoms with van der Waals surface area (Å²) in [5, 5.41) is 21.7. The number of amides is 3. The lowest BCUT2D eigenvalue weighted by Crippen LogP contribution is -2.45. The summed E-state index contributed by atoms with van der Waals surface area (Å²) < 4.78 is 6.25. The maximum atomic E-state index is 13.1. The van der Waals surface area contributed by atoms with Crippen molar-refractivity contribution in [1.29, 1.82) is 5.26 Å². The predicted molar refractivity (Wildman–Crippen MR) is 168 cm³/mol. The Labute approximate surface area is 264 Å². The number of aryl methyl sites for hydroxylation is 3. The molecule has 1 unspecified atom stereocenters. The van der Waals surface area contributed by atoms with E-state index in [1.807, 2.05) is 43.3 Å². The van der Waals surface area contributed by atoms with Crippen molar-refractivity contribution in [1.82, 2.24) is 30.2 Å². The van der Waals surface area contributed by atoms with Crippen molar-refractivity contribution in [3.8, 4) is 6.07 Å². The van der Waals surface area contributed by atoms with Gasteiger partial charge in [-0.15, -0.1) is 10.2 Å². The van der Waals surface area contributed by atoms with E-state index in [1.165, 1.54) is 0 Å². The van der Waals surface area contributed by atoms with E-state index in [0.717, 1.165) is 28.7 Å². The van der Waals surface area contributed by atoms with Gasteiger partial charge in [-0.05, 0) is 85.5 Å². The van der Waals surface area contributed by atoms with Crippen LogP contribution in [0.4, 0.5) is 0 Å². The van der Waals surface area contributed by atoms with Gasteiger partial charge in [-0.1, -0.05) is 12.1 Å². The third kappa shape index (κ3) is 6.07. The van der Waals surface area contributed by atoms with Crippen LogP contribution >= 0.6 is 0 Å². The molecule has 1 fully saturated rings. The number of carbonyl (C=O) groups excluding carboxylic acids is 3. The molecule has 3 aromatic rings. The Hall–Kier alpha value is -4.56. The summed E-state index contributed by atoms with van der Waals surface area (Å²) in [4.78, 5) is 43.9. The van der Waals surface area contributed by atoms with Gasteiger partial charge in [0.25, 0.3) is 11.8 Å². The summed E-state index contributed by atoms with van der Waals surface area (Å²) in [6.07, 6.45) is 3.24. The van der Waals surface area contributed by atoms with Crippen LogP contribution in [0, 0.1) is 18.3 Å². The van der Waals surface area contributed by atoms with Crippen molar-refractivity contribution >= 4 is 17.7 Å². The van der Waals surface area contributed by atoms with Crippen molar-refractivity contribution in [2.75, 3.05) is 41.3 Å². The second kappa shape index (κ2) is 12.8. The Bertz CT molecular complexity index is 1580. The van der Waals surface area contributed by atoms with Gasteiger partial charge < -0.3 is 24.4 Å². The van der Waals surface area contributed by atoms with Crippen LogP contribution in [0.15, 0.2) is 40.8 Å². The van der Waals surface area contributed by atoms with Crippen LogP contribution in [0.2, 0.25) is 0 Å². The molecule has 2 heterocycles. The largest absolute Gasteiger partial charge is 0.424 e. The zero-order valence-electron chi connectivity index (χ0n) is 26.9. The SMILES string of the molecule is Cc1nnc(C2(C[C@H](C)NCC(=O)N3CCCC3C#N)c3ccc(C(=O)N(C)C)cc3CCc3cc(C(=O)N(C)C)ccc32)o1. The highest BCUT2D eigenvalue weighted by molar-refractivity contribution is 5.95. The number of likely N-dealkylation sites (tertiary alicyclic amines) is 1. The topological polar surface area (TPSA) is 136 Å². The van der Waals surface area contributed by atoms with Gasteiger partial charge >= 0.3 is 0 Å². The van der Waals surface area contributed by atoms with Crippen molar-refractivity contribution in [3.63, 3.8) is 0 Å². The number of nitriles is 1. The average molecular weight is 612 g/mol. The van der Waals surface area contributed by atoms with Gasteiger partial charge in [0, 0.05) is 58.8 Å². The first-order valence-corrected chi connectivity index (χ1v) is 15.4. The molecule has 0 spiro atoms. The third-order valence-corrected chi connectivity index (χ3v) is 8.93. The minimum absolute atomic E-state index is 0.0878. The molecule has 1 aliphatic heterocycles. The molecule has 2 atom stereocenters. The van der Waals surface area contributed by atoms with Crippen molar-refractivity contribution in [2.24, 2.45) is 0 Å². The van der Waals surface area contributed by atoms with E-state index < -0.39 is 5.41 Å². The molecule has 2 aliphatic rings. The molecular formula is C34H41N7O4. The van der Waals surface area contributed by atoms with Crippen LogP contribution < -0.4 is 5.32 Å². The van der Waals surface area contributed by atoms with Crippen LogP contribution in [-0.2, 0) is 23.1 Å². The molecule has 45 heavy (non-hydrogen) atoms. The van der Waals surface area contributed by atoms with E-state index in [0.29, 0.717) is 55.1 Å². The fourth-order valence-electron chi connectivity index (χ4n) is 6.73. The summed E-state index contributed by atoms with van der Waals surface area (Å²) in [5.41, 5.74) is 4.06. The second-order valence-electron chi connectivity index (χ2n) is 12.5. The normalized spacial score (nSPS) is 17.4. The fourth-order valence-corrected chi connectivity index (χ4v) is 6.73. The molecule has 1 N–H and O–H groups in total. The molecule has 5 rings (SSSR count). The minimum atomic E-state index is -0.944. The Morgan fingerprint density at radius 3 is 2.09 bits per heavy atom. The Morgan fingerprint density at radius 2 is 1.60 bits per heavy atom. The molecule has 0 saturated carbocycles. The van der Waals surface area contributed by atoms with Crippen LogP contribution in [0.3, 0.4) is 0 Å². The number of carbonyl (C=O) groups is 3. The summed E-state index contributed by atoms with van der Waals surface area (Å²) in [6, 6.07) is 13.2.